The lowest BCUT2D eigenvalue weighted by atomic mass is 10.3. The van der Waals surface area contributed by atoms with Crippen LogP contribution in [0.5, 0.6) is 5.75 Å². The number of nitrogens with zero attached hydrogens (tertiary/aromatic N) is 4. The zero-order valence-electron chi connectivity index (χ0n) is 9.24. The van der Waals surface area contributed by atoms with E-state index in [0.29, 0.717) is 0 Å². The molecule has 5 nitrogen and oxygen atoms in total. The van der Waals surface area contributed by atoms with Crippen molar-refractivity contribution in [3.05, 3.63) is 42.7 Å². The maximum atomic E-state index is 5.15. The molecule has 2 aromatic heterocycles. The van der Waals surface area contributed by atoms with E-state index in [2.05, 4.69) is 15.3 Å². The van der Waals surface area contributed by atoms with Crippen molar-refractivity contribution in [1.29, 1.82) is 0 Å². The van der Waals surface area contributed by atoms with Crippen LogP contribution in [0, 0.1) is 0 Å². The fraction of sp³-hybridized carbons (Fsp3) is 0.0833. The average molecular weight is 226 g/mol. The molecule has 0 fully saturated rings. The Kier molecular flexibility index (Phi) is 2.22. The lowest BCUT2D eigenvalue weighted by Gasteiger charge is -2.01. The maximum Gasteiger partial charge on any atom is 0.121 e. The van der Waals surface area contributed by atoms with Gasteiger partial charge in [-0.3, -0.25) is 4.98 Å². The molecular weight excluding hydrogens is 216 g/mol. The summed E-state index contributed by atoms with van der Waals surface area (Å²) in [6, 6.07) is 9.47. The van der Waals surface area contributed by atoms with Crippen LogP contribution in [0.15, 0.2) is 42.7 Å². The van der Waals surface area contributed by atoms with E-state index < -0.39 is 0 Å². The number of methoxy groups -OCH3 is 1. The van der Waals surface area contributed by atoms with Crippen LogP contribution in [0.4, 0.5) is 0 Å². The van der Waals surface area contributed by atoms with Gasteiger partial charge in [-0.1, -0.05) is 5.21 Å². The van der Waals surface area contributed by atoms with Gasteiger partial charge < -0.3 is 4.74 Å². The highest BCUT2D eigenvalue weighted by Gasteiger charge is 2.06. The molecule has 0 aliphatic heterocycles. The molecule has 0 saturated carbocycles. The second-order valence-corrected chi connectivity index (χ2v) is 3.56. The van der Waals surface area contributed by atoms with Crippen LogP contribution in [0.2, 0.25) is 0 Å². The molecule has 0 atom stereocenters. The summed E-state index contributed by atoms with van der Waals surface area (Å²) < 4.78 is 6.92. The third kappa shape index (κ3) is 1.61. The SMILES string of the molecule is COc1ccc2c(c1)nnn2-c1ccncc1. The smallest absolute Gasteiger partial charge is 0.121 e. The first-order chi connectivity index (χ1) is 8.38. The van der Waals surface area contributed by atoms with Crippen molar-refractivity contribution in [2.45, 2.75) is 0 Å². The van der Waals surface area contributed by atoms with Gasteiger partial charge in [-0.25, -0.2) is 4.68 Å². The van der Waals surface area contributed by atoms with Gasteiger partial charge in [0.25, 0.3) is 0 Å². The molecule has 84 valence electrons. The third-order valence-electron chi connectivity index (χ3n) is 2.56. The molecule has 3 rings (SSSR count). The number of hydrogen-bond acceptors (Lipinski definition) is 4. The highest BCUT2D eigenvalue weighted by atomic mass is 16.5. The summed E-state index contributed by atoms with van der Waals surface area (Å²) in [4.78, 5) is 3.98. The van der Waals surface area contributed by atoms with Crippen molar-refractivity contribution in [2.24, 2.45) is 0 Å². The Labute approximate surface area is 97.7 Å². The molecule has 17 heavy (non-hydrogen) atoms. The van der Waals surface area contributed by atoms with Crippen LogP contribution in [-0.4, -0.2) is 27.1 Å². The molecule has 0 saturated heterocycles. The summed E-state index contributed by atoms with van der Waals surface area (Å²) in [5, 5.41) is 8.24. The van der Waals surface area contributed by atoms with E-state index in [-0.39, 0.29) is 0 Å². The van der Waals surface area contributed by atoms with Gasteiger partial charge in [0.05, 0.1) is 18.3 Å². The Hall–Kier alpha value is -2.43. The van der Waals surface area contributed by atoms with Gasteiger partial charge in [0, 0.05) is 18.5 Å². The predicted molar refractivity (Wildman–Crippen MR) is 63.2 cm³/mol. The highest BCUT2D eigenvalue weighted by Crippen LogP contribution is 2.20. The van der Waals surface area contributed by atoms with E-state index in [1.54, 1.807) is 24.2 Å². The van der Waals surface area contributed by atoms with E-state index in [9.17, 15) is 0 Å². The summed E-state index contributed by atoms with van der Waals surface area (Å²) in [5.41, 5.74) is 2.69. The van der Waals surface area contributed by atoms with Crippen LogP contribution < -0.4 is 4.74 Å². The highest BCUT2D eigenvalue weighted by molar-refractivity contribution is 5.77. The number of ether oxygens (including phenoxy) is 1. The van der Waals surface area contributed by atoms with Crippen molar-refractivity contribution < 1.29 is 4.74 Å². The second kappa shape index (κ2) is 3.86. The van der Waals surface area contributed by atoms with Crippen molar-refractivity contribution in [2.75, 3.05) is 7.11 Å². The number of pyridine rings is 1. The molecule has 0 unspecified atom stereocenters. The number of benzene rings is 1. The Bertz CT molecular complexity index is 648. The first-order valence-corrected chi connectivity index (χ1v) is 5.18. The van der Waals surface area contributed by atoms with Gasteiger partial charge >= 0.3 is 0 Å². The number of rotatable bonds is 2. The molecule has 3 aromatic rings. The monoisotopic (exact) mass is 226 g/mol. The lowest BCUT2D eigenvalue weighted by Crippen LogP contribution is -1.96. The van der Waals surface area contributed by atoms with Crippen molar-refractivity contribution >= 4 is 11.0 Å². The Morgan fingerprint density at radius 2 is 1.94 bits per heavy atom. The van der Waals surface area contributed by atoms with Crippen LogP contribution in [0.1, 0.15) is 0 Å². The van der Waals surface area contributed by atoms with Crippen LogP contribution in [0.3, 0.4) is 0 Å². The second-order valence-electron chi connectivity index (χ2n) is 3.56. The fourth-order valence-electron chi connectivity index (χ4n) is 1.71. The van der Waals surface area contributed by atoms with E-state index in [1.807, 2.05) is 30.3 Å². The molecule has 2 heterocycles. The quantitative estimate of drug-likeness (QED) is 0.668. The number of hydrogen-bond donors (Lipinski definition) is 0. The zero-order chi connectivity index (χ0) is 11.7. The molecule has 1 aromatic carbocycles. The lowest BCUT2D eigenvalue weighted by molar-refractivity contribution is 0.415. The minimum Gasteiger partial charge on any atom is -0.497 e. The van der Waals surface area contributed by atoms with E-state index in [4.69, 9.17) is 4.74 Å². The number of aromatic nitrogens is 4. The molecule has 0 N–H and O–H groups in total. The Balaban J connectivity index is 2.19. The van der Waals surface area contributed by atoms with E-state index >= 15 is 0 Å². The topological polar surface area (TPSA) is 52.8 Å². The Morgan fingerprint density at radius 3 is 2.71 bits per heavy atom. The van der Waals surface area contributed by atoms with Gasteiger partial charge in [0.15, 0.2) is 0 Å². The van der Waals surface area contributed by atoms with Gasteiger partial charge in [-0.2, -0.15) is 0 Å². The minimum atomic E-state index is 0.777. The Morgan fingerprint density at radius 1 is 1.12 bits per heavy atom. The molecule has 0 spiro atoms. The summed E-state index contributed by atoms with van der Waals surface area (Å²) in [6.07, 6.45) is 3.46. The summed E-state index contributed by atoms with van der Waals surface area (Å²) in [7, 11) is 1.63. The van der Waals surface area contributed by atoms with E-state index in [0.717, 1.165) is 22.5 Å². The normalized spacial score (nSPS) is 10.6. The molecular formula is C12H10N4O. The fourth-order valence-corrected chi connectivity index (χ4v) is 1.71. The van der Waals surface area contributed by atoms with Gasteiger partial charge in [0.2, 0.25) is 0 Å². The van der Waals surface area contributed by atoms with Crippen molar-refractivity contribution in [1.82, 2.24) is 20.0 Å². The molecule has 0 aliphatic rings. The average Bonchev–Trinajstić information content (AvgIpc) is 2.82. The standard InChI is InChI=1S/C12H10N4O/c1-17-10-2-3-12-11(8-10)14-15-16(12)9-4-6-13-7-5-9/h2-8H,1H3. The molecule has 0 radical (unpaired) electrons. The van der Waals surface area contributed by atoms with Crippen LogP contribution in [-0.2, 0) is 0 Å². The van der Waals surface area contributed by atoms with Gasteiger partial charge in [-0.15, -0.1) is 5.10 Å². The van der Waals surface area contributed by atoms with E-state index in [1.165, 1.54) is 0 Å². The van der Waals surface area contributed by atoms with Gasteiger partial charge in [-0.05, 0) is 24.3 Å². The minimum absolute atomic E-state index is 0.777. The molecule has 5 heteroatoms. The molecule has 0 bridgehead atoms. The van der Waals surface area contributed by atoms with Crippen molar-refractivity contribution in [3.8, 4) is 11.4 Å². The van der Waals surface area contributed by atoms with Crippen LogP contribution >= 0.6 is 0 Å². The number of fused-ring (bicyclic) bond motifs is 1. The summed E-state index contributed by atoms with van der Waals surface area (Å²) >= 11 is 0. The molecule has 0 amide bonds. The zero-order valence-corrected chi connectivity index (χ0v) is 9.24. The third-order valence-corrected chi connectivity index (χ3v) is 2.56. The van der Waals surface area contributed by atoms with Gasteiger partial charge in [0.1, 0.15) is 11.3 Å². The predicted octanol–water partition coefficient (Wildman–Crippen LogP) is 1.82. The maximum absolute atomic E-state index is 5.15. The first kappa shape index (κ1) is 9.77. The summed E-state index contributed by atoms with van der Waals surface area (Å²) in [6.45, 7) is 0. The van der Waals surface area contributed by atoms with Crippen molar-refractivity contribution in [3.63, 3.8) is 0 Å². The first-order valence-electron chi connectivity index (χ1n) is 5.18. The molecule has 0 aliphatic carbocycles. The summed E-state index contributed by atoms with van der Waals surface area (Å²) in [5.74, 6) is 0.777. The van der Waals surface area contributed by atoms with Crippen LogP contribution in [0.25, 0.3) is 16.7 Å². The largest absolute Gasteiger partial charge is 0.497 e.